The van der Waals surface area contributed by atoms with Gasteiger partial charge >= 0.3 is 0 Å². The van der Waals surface area contributed by atoms with Gasteiger partial charge in [0.15, 0.2) is 5.11 Å². The Kier molecular flexibility index (Phi) is 6.32. The molecule has 0 saturated carbocycles. The van der Waals surface area contributed by atoms with Crippen LogP contribution in [0, 0.1) is 10.1 Å². The van der Waals surface area contributed by atoms with Gasteiger partial charge in [-0.3, -0.25) is 10.1 Å². The molecule has 1 aliphatic heterocycles. The van der Waals surface area contributed by atoms with E-state index in [0.29, 0.717) is 22.4 Å². The number of halogens is 1. The van der Waals surface area contributed by atoms with Crippen LogP contribution in [0.2, 0.25) is 5.02 Å². The summed E-state index contributed by atoms with van der Waals surface area (Å²) in [6, 6.07) is 4.19. The van der Waals surface area contributed by atoms with Crippen molar-refractivity contribution < 1.29 is 14.6 Å². The normalized spacial score (nSPS) is 15.3. The fourth-order valence-electron chi connectivity index (χ4n) is 2.15. The van der Waals surface area contributed by atoms with Gasteiger partial charge in [-0.2, -0.15) is 0 Å². The van der Waals surface area contributed by atoms with Crippen molar-refractivity contribution in [1.82, 2.24) is 5.32 Å². The summed E-state index contributed by atoms with van der Waals surface area (Å²) >= 11 is 11.2. The van der Waals surface area contributed by atoms with Crippen molar-refractivity contribution in [3.8, 4) is 0 Å². The van der Waals surface area contributed by atoms with Gasteiger partial charge in [-0.05, 0) is 18.3 Å². The number of anilines is 1. The molecule has 1 aliphatic rings. The molecule has 1 aromatic carbocycles. The second kappa shape index (κ2) is 8.23. The van der Waals surface area contributed by atoms with Crippen LogP contribution in [0.1, 0.15) is 0 Å². The first-order valence-electron chi connectivity index (χ1n) is 6.96. The van der Waals surface area contributed by atoms with Crippen LogP contribution < -0.4 is 15.5 Å². The third-order valence-corrected chi connectivity index (χ3v) is 3.95. The number of thiocarbonyl (C=S) groups is 1. The molecule has 0 bridgehead atoms. The van der Waals surface area contributed by atoms with Crippen LogP contribution in [0.3, 0.4) is 0 Å². The number of nitrogens with zero attached hydrogens (tertiary/aromatic N) is 1. The Bertz CT molecular complexity index is 552. The number of rotatable bonds is 5. The molecule has 3 N–H and O–H groups in total. The van der Waals surface area contributed by atoms with Crippen molar-refractivity contribution in [3.63, 3.8) is 0 Å². The third-order valence-electron chi connectivity index (χ3n) is 3.37. The van der Waals surface area contributed by atoms with Crippen LogP contribution in [-0.4, -0.2) is 49.4 Å². The van der Waals surface area contributed by atoms with Gasteiger partial charge in [0, 0.05) is 12.1 Å². The molecule has 1 aromatic rings. The molecule has 1 heterocycles. The number of nitro benzene ring substituents is 1. The first-order valence-corrected chi connectivity index (χ1v) is 7.75. The SMILES string of the molecule is O=[N+]([O-])c1ccc(Cl)c(NC(=S)NCC[NH+]2CCOCC2)c1. The van der Waals surface area contributed by atoms with Crippen LogP contribution in [0.25, 0.3) is 0 Å². The highest BCUT2D eigenvalue weighted by molar-refractivity contribution is 7.80. The molecular formula is C13H18ClN4O3S+. The minimum absolute atomic E-state index is 0.0348. The van der Waals surface area contributed by atoms with Gasteiger partial charge < -0.3 is 20.3 Å². The van der Waals surface area contributed by atoms with Crippen molar-refractivity contribution in [2.75, 3.05) is 44.7 Å². The Morgan fingerprint density at radius 1 is 1.45 bits per heavy atom. The van der Waals surface area contributed by atoms with Crippen LogP contribution in [0.4, 0.5) is 11.4 Å². The van der Waals surface area contributed by atoms with Crippen LogP contribution >= 0.6 is 23.8 Å². The summed E-state index contributed by atoms with van der Waals surface area (Å²) in [4.78, 5) is 11.8. The summed E-state index contributed by atoms with van der Waals surface area (Å²) < 4.78 is 5.30. The van der Waals surface area contributed by atoms with E-state index in [9.17, 15) is 10.1 Å². The van der Waals surface area contributed by atoms with Crippen LogP contribution in [0.5, 0.6) is 0 Å². The van der Waals surface area contributed by atoms with E-state index in [2.05, 4.69) is 10.6 Å². The maximum Gasteiger partial charge on any atom is 0.271 e. The molecule has 7 nitrogen and oxygen atoms in total. The zero-order valence-electron chi connectivity index (χ0n) is 11.9. The molecule has 9 heteroatoms. The zero-order chi connectivity index (χ0) is 15.9. The van der Waals surface area contributed by atoms with Gasteiger partial charge in [0.2, 0.25) is 0 Å². The molecule has 22 heavy (non-hydrogen) atoms. The molecule has 2 rings (SSSR count). The second-order valence-corrected chi connectivity index (χ2v) is 5.73. The zero-order valence-corrected chi connectivity index (χ0v) is 13.5. The first-order chi connectivity index (χ1) is 10.6. The molecule has 1 fully saturated rings. The van der Waals surface area contributed by atoms with Gasteiger partial charge in [0.25, 0.3) is 5.69 Å². The molecular weight excluding hydrogens is 328 g/mol. The number of non-ortho nitro benzene ring substituents is 1. The average molecular weight is 346 g/mol. The highest BCUT2D eigenvalue weighted by Gasteiger charge is 2.14. The molecule has 120 valence electrons. The largest absolute Gasteiger partial charge is 0.370 e. The summed E-state index contributed by atoms with van der Waals surface area (Å²) in [5.41, 5.74) is 0.388. The number of morpholine rings is 1. The number of hydrogen-bond acceptors (Lipinski definition) is 4. The van der Waals surface area contributed by atoms with Crippen LogP contribution in [0.15, 0.2) is 18.2 Å². The summed E-state index contributed by atoms with van der Waals surface area (Å²) in [7, 11) is 0. The van der Waals surface area contributed by atoms with Crippen molar-refractivity contribution in [2.24, 2.45) is 0 Å². The van der Waals surface area contributed by atoms with Crippen molar-refractivity contribution in [2.45, 2.75) is 0 Å². The van der Waals surface area contributed by atoms with Crippen molar-refractivity contribution in [3.05, 3.63) is 33.3 Å². The van der Waals surface area contributed by atoms with Crippen molar-refractivity contribution >= 4 is 40.3 Å². The van der Waals surface area contributed by atoms with Gasteiger partial charge in [-0.1, -0.05) is 11.6 Å². The topological polar surface area (TPSA) is 80.9 Å². The Labute approximate surface area is 138 Å². The summed E-state index contributed by atoms with van der Waals surface area (Å²) in [5, 5.41) is 17.5. The number of benzene rings is 1. The van der Waals surface area contributed by atoms with E-state index in [4.69, 9.17) is 28.6 Å². The molecule has 0 atom stereocenters. The maximum absolute atomic E-state index is 10.8. The predicted octanol–water partition coefficient (Wildman–Crippen LogP) is 0.450. The van der Waals surface area contributed by atoms with E-state index >= 15 is 0 Å². The number of quaternary nitrogens is 1. The summed E-state index contributed by atoms with van der Waals surface area (Å²) in [6.07, 6.45) is 0. The first kappa shape index (κ1) is 16.9. The monoisotopic (exact) mass is 345 g/mol. The maximum atomic E-state index is 10.8. The van der Waals surface area contributed by atoms with Gasteiger partial charge in [0.05, 0.1) is 41.9 Å². The lowest BCUT2D eigenvalue weighted by Gasteiger charge is -2.24. The number of nitrogens with one attached hydrogen (secondary N) is 3. The van der Waals surface area contributed by atoms with E-state index in [1.165, 1.54) is 23.1 Å². The number of ether oxygens (including phenoxy) is 1. The highest BCUT2D eigenvalue weighted by atomic mass is 35.5. The lowest BCUT2D eigenvalue weighted by atomic mass is 10.3. The molecule has 0 amide bonds. The summed E-state index contributed by atoms with van der Waals surface area (Å²) in [6.45, 7) is 5.24. The molecule has 0 unspecified atom stereocenters. The molecule has 0 aliphatic carbocycles. The van der Waals surface area contributed by atoms with Crippen molar-refractivity contribution in [1.29, 1.82) is 0 Å². The Morgan fingerprint density at radius 2 is 2.18 bits per heavy atom. The average Bonchev–Trinajstić information content (AvgIpc) is 2.50. The van der Waals surface area contributed by atoms with E-state index in [1.807, 2.05) is 0 Å². The minimum Gasteiger partial charge on any atom is -0.370 e. The lowest BCUT2D eigenvalue weighted by Crippen LogP contribution is -3.14. The molecule has 0 aromatic heterocycles. The highest BCUT2D eigenvalue weighted by Crippen LogP contribution is 2.26. The fraction of sp³-hybridized carbons (Fsp3) is 0.462. The van der Waals surface area contributed by atoms with Gasteiger partial charge in [0.1, 0.15) is 13.1 Å². The van der Waals surface area contributed by atoms with E-state index in [0.717, 1.165) is 32.8 Å². The standard InChI is InChI=1S/C13H17ClN4O3S/c14-11-2-1-10(18(19)20)9-12(11)16-13(22)15-3-4-17-5-7-21-8-6-17/h1-2,9H,3-8H2,(H2,15,16,22)/p+1. The third kappa shape index (κ3) is 5.06. The Hall–Kier alpha value is -1.48. The Morgan fingerprint density at radius 3 is 2.86 bits per heavy atom. The number of hydrogen-bond donors (Lipinski definition) is 3. The second-order valence-electron chi connectivity index (χ2n) is 4.91. The van der Waals surface area contributed by atoms with Gasteiger partial charge in [-0.15, -0.1) is 0 Å². The molecule has 0 spiro atoms. The molecule has 1 saturated heterocycles. The predicted molar refractivity (Wildman–Crippen MR) is 88.7 cm³/mol. The smallest absolute Gasteiger partial charge is 0.271 e. The Balaban J connectivity index is 1.81. The molecule has 0 radical (unpaired) electrons. The van der Waals surface area contributed by atoms with Crippen LogP contribution in [-0.2, 0) is 4.74 Å². The van der Waals surface area contributed by atoms with E-state index in [1.54, 1.807) is 0 Å². The lowest BCUT2D eigenvalue weighted by molar-refractivity contribution is -0.906. The quantitative estimate of drug-likeness (QED) is 0.408. The van der Waals surface area contributed by atoms with Gasteiger partial charge in [-0.25, -0.2) is 0 Å². The minimum atomic E-state index is -0.472. The fourth-order valence-corrected chi connectivity index (χ4v) is 2.53. The van der Waals surface area contributed by atoms with E-state index < -0.39 is 4.92 Å². The number of nitro groups is 1. The summed E-state index contributed by atoms with van der Waals surface area (Å²) in [5.74, 6) is 0. The van der Waals surface area contributed by atoms with E-state index in [-0.39, 0.29) is 5.69 Å².